The predicted octanol–water partition coefficient (Wildman–Crippen LogP) is 2.63. The van der Waals surface area contributed by atoms with Crippen LogP contribution in [-0.4, -0.2) is 51.0 Å². The standard InChI is InChI=1S/C25H20BrNO7/c26-17-10-18(29)22-16(23(17)32)9-15-13(20(22)11-2-1-3-12(28)8-11)4-5-14-21(15)25(34)27(24(14)33)7-6-19(30)31/h1-4,8,10,14-15,20-21,28H,5-7,9H2,(H,30,31)/t14-,15+,20-,21-/m0/s1. The van der Waals surface area contributed by atoms with Crippen LogP contribution in [0.3, 0.4) is 0 Å². The monoisotopic (exact) mass is 525 g/mol. The Kier molecular flexibility index (Phi) is 5.39. The van der Waals surface area contributed by atoms with Gasteiger partial charge in [0.15, 0.2) is 11.6 Å². The zero-order valence-corrected chi connectivity index (χ0v) is 19.4. The van der Waals surface area contributed by atoms with Crippen molar-refractivity contribution in [1.82, 2.24) is 4.90 Å². The van der Waals surface area contributed by atoms with E-state index in [0.717, 1.165) is 10.5 Å². The van der Waals surface area contributed by atoms with E-state index < -0.39 is 41.5 Å². The molecule has 1 fully saturated rings. The fraction of sp³-hybridized carbons (Fsp3) is 0.320. The number of ketones is 2. The molecule has 174 valence electrons. The molecule has 1 aromatic carbocycles. The number of likely N-dealkylation sites (tertiary alicyclic amines) is 1. The van der Waals surface area contributed by atoms with E-state index in [9.17, 15) is 29.1 Å². The highest BCUT2D eigenvalue weighted by atomic mass is 79.9. The lowest BCUT2D eigenvalue weighted by molar-refractivity contribution is -0.142. The minimum absolute atomic E-state index is 0.00864. The second-order valence-corrected chi connectivity index (χ2v) is 9.81. The molecule has 0 unspecified atom stereocenters. The maximum Gasteiger partial charge on any atom is 0.305 e. The lowest BCUT2D eigenvalue weighted by Gasteiger charge is -2.42. The molecule has 8 nitrogen and oxygen atoms in total. The zero-order chi connectivity index (χ0) is 24.3. The molecule has 0 aromatic heterocycles. The maximum absolute atomic E-state index is 13.3. The predicted molar refractivity (Wildman–Crippen MR) is 122 cm³/mol. The Morgan fingerprint density at radius 3 is 2.59 bits per heavy atom. The maximum atomic E-state index is 13.3. The number of amides is 2. The summed E-state index contributed by atoms with van der Waals surface area (Å²) in [5.74, 6) is -5.06. The number of phenols is 1. The lowest BCUT2D eigenvalue weighted by atomic mass is 9.59. The van der Waals surface area contributed by atoms with E-state index in [0.29, 0.717) is 16.7 Å². The molecule has 5 rings (SSSR count). The Bertz CT molecular complexity index is 1270. The van der Waals surface area contributed by atoms with Gasteiger partial charge in [-0.1, -0.05) is 23.8 Å². The highest BCUT2D eigenvalue weighted by molar-refractivity contribution is 9.12. The number of halogens is 1. The number of aromatic hydroxyl groups is 1. The molecule has 1 saturated heterocycles. The minimum Gasteiger partial charge on any atom is -0.508 e. The van der Waals surface area contributed by atoms with Crippen molar-refractivity contribution in [2.45, 2.75) is 25.2 Å². The van der Waals surface area contributed by atoms with Crippen molar-refractivity contribution in [3.63, 3.8) is 0 Å². The Hall–Kier alpha value is -3.33. The molecule has 2 amide bonds. The SMILES string of the molecule is O=C(O)CCN1C(=O)[C@H]2[C@H](CC=C3[C@H](c4cccc(O)c4)C4=C(C[C@H]32)C(=O)C(Br)=CC4=O)C1=O. The average Bonchev–Trinajstić information content (AvgIpc) is 3.04. The quantitative estimate of drug-likeness (QED) is 0.351. The summed E-state index contributed by atoms with van der Waals surface area (Å²) in [6, 6.07) is 6.46. The van der Waals surface area contributed by atoms with Crippen LogP contribution in [0.15, 0.2) is 57.6 Å². The first-order valence-corrected chi connectivity index (χ1v) is 11.7. The van der Waals surface area contributed by atoms with E-state index in [1.165, 1.54) is 18.2 Å². The number of carbonyl (C=O) groups excluding carboxylic acids is 4. The van der Waals surface area contributed by atoms with Crippen LogP contribution in [0.5, 0.6) is 5.75 Å². The molecule has 4 aliphatic rings. The van der Waals surface area contributed by atoms with Gasteiger partial charge in [0.1, 0.15) is 5.75 Å². The van der Waals surface area contributed by atoms with E-state index in [1.807, 2.05) is 6.08 Å². The third kappa shape index (κ3) is 3.37. The topological polar surface area (TPSA) is 129 Å². The van der Waals surface area contributed by atoms with Gasteiger partial charge in [-0.05, 0) is 52.4 Å². The van der Waals surface area contributed by atoms with Gasteiger partial charge in [0.05, 0.1) is 22.7 Å². The van der Waals surface area contributed by atoms with Crippen LogP contribution in [0.2, 0.25) is 0 Å². The van der Waals surface area contributed by atoms with Crippen molar-refractivity contribution < 1.29 is 34.2 Å². The van der Waals surface area contributed by atoms with E-state index in [2.05, 4.69) is 15.9 Å². The minimum atomic E-state index is -1.10. The number of allylic oxidation sites excluding steroid dienone is 6. The number of rotatable bonds is 4. The number of benzene rings is 1. The fourth-order valence-electron chi connectivity index (χ4n) is 5.78. The van der Waals surface area contributed by atoms with Gasteiger partial charge >= 0.3 is 5.97 Å². The summed E-state index contributed by atoms with van der Waals surface area (Å²) in [7, 11) is 0. The number of fused-ring (bicyclic) bond motifs is 3. The number of hydrogen-bond acceptors (Lipinski definition) is 6. The number of nitrogens with zero attached hydrogens (tertiary/aromatic N) is 1. The van der Waals surface area contributed by atoms with E-state index in [4.69, 9.17) is 5.11 Å². The van der Waals surface area contributed by atoms with Crippen molar-refractivity contribution in [3.8, 4) is 5.75 Å². The molecule has 0 saturated carbocycles. The van der Waals surface area contributed by atoms with Gasteiger partial charge in [-0.25, -0.2) is 0 Å². The van der Waals surface area contributed by atoms with Crippen LogP contribution in [0, 0.1) is 17.8 Å². The molecule has 9 heteroatoms. The second kappa shape index (κ2) is 8.16. The number of hydrogen-bond donors (Lipinski definition) is 2. The number of imide groups is 1. The second-order valence-electron chi connectivity index (χ2n) is 8.96. The Morgan fingerprint density at radius 1 is 1.12 bits per heavy atom. The Labute approximate surface area is 202 Å². The third-order valence-electron chi connectivity index (χ3n) is 7.18. The molecule has 1 aliphatic heterocycles. The summed E-state index contributed by atoms with van der Waals surface area (Å²) in [6.45, 7) is -0.197. The molecule has 3 aliphatic carbocycles. The summed E-state index contributed by atoms with van der Waals surface area (Å²) in [5.41, 5.74) is 2.03. The van der Waals surface area contributed by atoms with Gasteiger partial charge in [0.2, 0.25) is 11.8 Å². The Balaban J connectivity index is 1.62. The highest BCUT2D eigenvalue weighted by Gasteiger charge is 2.56. The molecular formula is C25H20BrNO7. The van der Waals surface area contributed by atoms with Crippen LogP contribution in [-0.2, 0) is 24.0 Å². The van der Waals surface area contributed by atoms with E-state index >= 15 is 0 Å². The first kappa shape index (κ1) is 22.5. The van der Waals surface area contributed by atoms with Crippen molar-refractivity contribution in [2.24, 2.45) is 17.8 Å². The first-order chi connectivity index (χ1) is 16.2. The van der Waals surface area contributed by atoms with E-state index in [1.54, 1.807) is 12.1 Å². The van der Waals surface area contributed by atoms with Crippen LogP contribution >= 0.6 is 15.9 Å². The van der Waals surface area contributed by atoms with Crippen molar-refractivity contribution in [2.75, 3.05) is 6.54 Å². The number of phenolic OH excluding ortho intramolecular Hbond substituents is 1. The smallest absolute Gasteiger partial charge is 0.305 e. The molecule has 0 radical (unpaired) electrons. The van der Waals surface area contributed by atoms with Crippen molar-refractivity contribution >= 4 is 45.3 Å². The largest absolute Gasteiger partial charge is 0.508 e. The number of carboxylic acid groups (broad SMARTS) is 1. The molecule has 2 N–H and O–H groups in total. The van der Waals surface area contributed by atoms with Crippen LogP contribution in [0.25, 0.3) is 0 Å². The number of carboxylic acids is 1. The summed E-state index contributed by atoms with van der Waals surface area (Å²) in [5, 5.41) is 19.1. The molecule has 0 spiro atoms. The molecule has 0 bridgehead atoms. The van der Waals surface area contributed by atoms with Crippen molar-refractivity contribution in [3.05, 3.63) is 63.2 Å². The first-order valence-electron chi connectivity index (χ1n) is 10.9. The molecule has 1 heterocycles. The van der Waals surface area contributed by atoms with Crippen LogP contribution in [0.4, 0.5) is 0 Å². The van der Waals surface area contributed by atoms with Gasteiger partial charge in [-0.3, -0.25) is 28.9 Å². The van der Waals surface area contributed by atoms with E-state index in [-0.39, 0.29) is 47.6 Å². The fourth-order valence-corrected chi connectivity index (χ4v) is 6.23. The van der Waals surface area contributed by atoms with Gasteiger partial charge in [0, 0.05) is 29.7 Å². The zero-order valence-electron chi connectivity index (χ0n) is 17.9. The number of carbonyl (C=O) groups is 5. The molecular weight excluding hydrogens is 506 g/mol. The molecule has 34 heavy (non-hydrogen) atoms. The van der Waals surface area contributed by atoms with Gasteiger partial charge in [-0.2, -0.15) is 0 Å². The molecule has 1 aromatic rings. The third-order valence-corrected chi connectivity index (χ3v) is 7.76. The average molecular weight is 526 g/mol. The van der Waals surface area contributed by atoms with Crippen molar-refractivity contribution in [1.29, 1.82) is 0 Å². The number of aliphatic carboxylic acids is 1. The van der Waals surface area contributed by atoms with Crippen LogP contribution in [0.1, 0.15) is 30.7 Å². The summed E-state index contributed by atoms with van der Waals surface area (Å²) in [4.78, 5) is 64.5. The molecule has 4 atom stereocenters. The van der Waals surface area contributed by atoms with Crippen LogP contribution < -0.4 is 0 Å². The highest BCUT2D eigenvalue weighted by Crippen LogP contribution is 2.55. The van der Waals surface area contributed by atoms with Gasteiger partial charge in [-0.15, -0.1) is 0 Å². The summed E-state index contributed by atoms with van der Waals surface area (Å²) < 4.78 is 0.141. The Morgan fingerprint density at radius 2 is 1.88 bits per heavy atom. The summed E-state index contributed by atoms with van der Waals surface area (Å²) >= 11 is 3.17. The van der Waals surface area contributed by atoms with Gasteiger partial charge < -0.3 is 10.2 Å². The number of Topliss-reactive ketones (excluding diaryl/α,β-unsaturated/α-hetero) is 1. The summed E-state index contributed by atoms with van der Waals surface area (Å²) in [6.07, 6.45) is 3.21. The normalized spacial score (nSPS) is 28.3. The lowest BCUT2D eigenvalue weighted by Crippen LogP contribution is -2.39. The van der Waals surface area contributed by atoms with Gasteiger partial charge in [0.25, 0.3) is 0 Å².